The summed E-state index contributed by atoms with van der Waals surface area (Å²) in [6.07, 6.45) is 1.09. The second-order valence-corrected chi connectivity index (χ2v) is 8.07. The molecule has 1 fully saturated rings. The van der Waals surface area contributed by atoms with Crippen LogP contribution in [0.1, 0.15) is 35.7 Å². The lowest BCUT2D eigenvalue weighted by atomic mass is 9.95. The monoisotopic (exact) mass is 443 g/mol. The minimum absolute atomic E-state index is 0.121. The molecule has 0 atom stereocenters. The zero-order valence-corrected chi connectivity index (χ0v) is 18.6. The molecule has 8 heteroatoms. The third kappa shape index (κ3) is 5.55. The molecule has 2 N–H and O–H groups in total. The van der Waals surface area contributed by atoms with Crippen molar-refractivity contribution in [1.82, 2.24) is 4.90 Å². The molecule has 0 aliphatic carbocycles. The molecule has 1 saturated heterocycles. The summed E-state index contributed by atoms with van der Waals surface area (Å²) in [6, 6.07) is 10.4. The van der Waals surface area contributed by atoms with Gasteiger partial charge in [0.1, 0.15) is 5.75 Å². The predicted molar refractivity (Wildman–Crippen MR) is 121 cm³/mol. The van der Waals surface area contributed by atoms with E-state index in [1.54, 1.807) is 29.2 Å². The van der Waals surface area contributed by atoms with Crippen molar-refractivity contribution in [2.24, 2.45) is 5.92 Å². The number of carbonyl (C=O) groups is 3. The van der Waals surface area contributed by atoms with Crippen LogP contribution in [0.25, 0.3) is 0 Å². The second kappa shape index (κ2) is 9.83. The third-order valence-corrected chi connectivity index (χ3v) is 5.52. The number of aryl methyl sites for hydroxylation is 1. The molecule has 0 bridgehead atoms. The largest absolute Gasteiger partial charge is 0.496 e. The lowest BCUT2D eigenvalue weighted by Crippen LogP contribution is -2.41. The van der Waals surface area contributed by atoms with Gasteiger partial charge in [0.05, 0.1) is 24.0 Å². The van der Waals surface area contributed by atoms with Crippen molar-refractivity contribution in [1.29, 1.82) is 0 Å². The molecule has 0 aromatic heterocycles. The van der Waals surface area contributed by atoms with Crippen LogP contribution in [0.3, 0.4) is 0 Å². The van der Waals surface area contributed by atoms with E-state index in [0.717, 1.165) is 5.56 Å². The van der Waals surface area contributed by atoms with Crippen molar-refractivity contribution in [3.8, 4) is 5.75 Å². The van der Waals surface area contributed by atoms with E-state index in [9.17, 15) is 14.4 Å². The number of hydrogen-bond donors (Lipinski definition) is 2. The molecule has 31 heavy (non-hydrogen) atoms. The number of amides is 3. The standard InChI is InChI=1S/C23H26ClN3O4/c1-14-4-6-19(25-15(2)28)20(12-14)26-22(29)16-8-10-27(11-9-16)23(30)18-13-17(24)5-7-21(18)31-3/h4-7,12-13,16H,8-11H2,1-3H3,(H,25,28)(H,26,29). The van der Waals surface area contributed by atoms with Gasteiger partial charge in [0.15, 0.2) is 0 Å². The molecule has 1 aliphatic rings. The molecule has 0 saturated carbocycles. The minimum atomic E-state index is -0.226. The highest BCUT2D eigenvalue weighted by molar-refractivity contribution is 6.31. The molecule has 0 radical (unpaired) electrons. The molecule has 3 rings (SSSR count). The van der Waals surface area contributed by atoms with Crippen LogP contribution in [0.5, 0.6) is 5.75 Å². The number of benzene rings is 2. The average molecular weight is 444 g/mol. The van der Waals surface area contributed by atoms with Crippen molar-refractivity contribution in [3.05, 3.63) is 52.5 Å². The Morgan fingerprint density at radius 1 is 1.03 bits per heavy atom. The van der Waals surface area contributed by atoms with Gasteiger partial charge in [-0.25, -0.2) is 0 Å². The number of likely N-dealkylation sites (tertiary alicyclic amines) is 1. The maximum absolute atomic E-state index is 12.9. The lowest BCUT2D eigenvalue weighted by Gasteiger charge is -2.32. The Labute approximate surface area is 186 Å². The second-order valence-electron chi connectivity index (χ2n) is 7.63. The van der Waals surface area contributed by atoms with Crippen LogP contribution in [-0.2, 0) is 9.59 Å². The van der Waals surface area contributed by atoms with E-state index in [1.165, 1.54) is 14.0 Å². The summed E-state index contributed by atoms with van der Waals surface area (Å²) in [4.78, 5) is 38.9. The Hall–Kier alpha value is -3.06. The van der Waals surface area contributed by atoms with Gasteiger partial charge in [-0.3, -0.25) is 14.4 Å². The Morgan fingerprint density at radius 3 is 2.39 bits per heavy atom. The van der Waals surface area contributed by atoms with Crippen molar-refractivity contribution < 1.29 is 19.1 Å². The first kappa shape index (κ1) is 22.6. The zero-order chi connectivity index (χ0) is 22.5. The lowest BCUT2D eigenvalue weighted by molar-refractivity contribution is -0.121. The Balaban J connectivity index is 1.64. The molecule has 2 aromatic carbocycles. The molecule has 0 unspecified atom stereocenters. The topological polar surface area (TPSA) is 87.7 Å². The summed E-state index contributed by atoms with van der Waals surface area (Å²) in [6.45, 7) is 4.26. The van der Waals surface area contributed by atoms with Crippen LogP contribution in [0.2, 0.25) is 5.02 Å². The van der Waals surface area contributed by atoms with Crippen LogP contribution < -0.4 is 15.4 Å². The van der Waals surface area contributed by atoms with Gasteiger partial charge < -0.3 is 20.3 Å². The molecule has 2 aromatic rings. The van der Waals surface area contributed by atoms with Crippen LogP contribution in [0, 0.1) is 12.8 Å². The zero-order valence-electron chi connectivity index (χ0n) is 17.8. The van der Waals surface area contributed by atoms with Gasteiger partial charge >= 0.3 is 0 Å². The third-order valence-electron chi connectivity index (χ3n) is 5.29. The minimum Gasteiger partial charge on any atom is -0.496 e. The number of halogens is 1. The van der Waals surface area contributed by atoms with Crippen molar-refractivity contribution >= 4 is 40.7 Å². The summed E-state index contributed by atoms with van der Waals surface area (Å²) in [7, 11) is 1.51. The maximum Gasteiger partial charge on any atom is 0.257 e. The quantitative estimate of drug-likeness (QED) is 0.728. The summed E-state index contributed by atoms with van der Waals surface area (Å²) in [5.41, 5.74) is 2.52. The highest BCUT2D eigenvalue weighted by Crippen LogP contribution is 2.28. The first-order valence-corrected chi connectivity index (χ1v) is 10.5. The summed E-state index contributed by atoms with van der Waals surface area (Å²) in [5.74, 6) is -0.243. The van der Waals surface area contributed by atoms with Crippen LogP contribution in [0.4, 0.5) is 11.4 Å². The number of nitrogens with one attached hydrogen (secondary N) is 2. The van der Waals surface area contributed by atoms with E-state index in [4.69, 9.17) is 16.3 Å². The first-order valence-electron chi connectivity index (χ1n) is 10.1. The number of methoxy groups -OCH3 is 1. The fraction of sp³-hybridized carbons (Fsp3) is 0.348. The number of hydrogen-bond acceptors (Lipinski definition) is 4. The smallest absolute Gasteiger partial charge is 0.257 e. The van der Waals surface area contributed by atoms with Gasteiger partial charge in [-0.1, -0.05) is 17.7 Å². The first-order chi connectivity index (χ1) is 14.8. The maximum atomic E-state index is 12.9. The van der Waals surface area contributed by atoms with Crippen molar-refractivity contribution in [3.63, 3.8) is 0 Å². The fourth-order valence-corrected chi connectivity index (χ4v) is 3.83. The Bertz CT molecular complexity index is 1000. The molecule has 0 spiro atoms. The molecule has 3 amide bonds. The van der Waals surface area contributed by atoms with Crippen molar-refractivity contribution in [2.75, 3.05) is 30.8 Å². The van der Waals surface area contributed by atoms with E-state index < -0.39 is 0 Å². The van der Waals surface area contributed by atoms with E-state index in [1.807, 2.05) is 19.1 Å². The number of carbonyl (C=O) groups excluding carboxylic acids is 3. The van der Waals surface area contributed by atoms with Gasteiger partial charge in [-0.15, -0.1) is 0 Å². The SMILES string of the molecule is COc1ccc(Cl)cc1C(=O)N1CCC(C(=O)Nc2cc(C)ccc2NC(C)=O)CC1. The Kier molecular flexibility index (Phi) is 7.17. The van der Waals surface area contributed by atoms with Gasteiger partial charge in [-0.05, 0) is 55.7 Å². The summed E-state index contributed by atoms with van der Waals surface area (Å²) < 4.78 is 5.29. The molecule has 164 valence electrons. The molecular weight excluding hydrogens is 418 g/mol. The predicted octanol–water partition coefficient (Wildman–Crippen LogP) is 4.11. The molecule has 1 aliphatic heterocycles. The highest BCUT2D eigenvalue weighted by atomic mass is 35.5. The number of piperidine rings is 1. The van der Waals surface area contributed by atoms with Crippen LogP contribution in [-0.4, -0.2) is 42.8 Å². The van der Waals surface area contributed by atoms with Gasteiger partial charge in [0.2, 0.25) is 11.8 Å². The average Bonchev–Trinajstić information content (AvgIpc) is 2.75. The fourth-order valence-electron chi connectivity index (χ4n) is 3.66. The number of ether oxygens (including phenoxy) is 1. The highest BCUT2D eigenvalue weighted by Gasteiger charge is 2.29. The van der Waals surface area contributed by atoms with E-state index >= 15 is 0 Å². The van der Waals surface area contributed by atoms with Crippen LogP contribution >= 0.6 is 11.6 Å². The van der Waals surface area contributed by atoms with E-state index in [2.05, 4.69) is 10.6 Å². The molecule has 1 heterocycles. The van der Waals surface area contributed by atoms with Gasteiger partial charge in [-0.2, -0.15) is 0 Å². The number of anilines is 2. The van der Waals surface area contributed by atoms with Gasteiger partial charge in [0, 0.05) is 31.0 Å². The van der Waals surface area contributed by atoms with Gasteiger partial charge in [0.25, 0.3) is 5.91 Å². The molecular formula is C23H26ClN3O4. The number of nitrogens with zero attached hydrogens (tertiary/aromatic N) is 1. The Morgan fingerprint density at radius 2 is 1.74 bits per heavy atom. The summed E-state index contributed by atoms with van der Waals surface area (Å²) >= 11 is 6.05. The normalized spacial score (nSPS) is 14.1. The van der Waals surface area contributed by atoms with Crippen LogP contribution in [0.15, 0.2) is 36.4 Å². The van der Waals surface area contributed by atoms with Crippen molar-refractivity contribution in [2.45, 2.75) is 26.7 Å². The number of rotatable bonds is 5. The molecule has 7 nitrogen and oxygen atoms in total. The van der Waals surface area contributed by atoms with E-state index in [-0.39, 0.29) is 23.6 Å². The summed E-state index contributed by atoms with van der Waals surface area (Å²) in [5, 5.41) is 6.13. The van der Waals surface area contributed by atoms with E-state index in [0.29, 0.717) is 53.6 Å².